The van der Waals surface area contributed by atoms with E-state index in [1.165, 1.54) is 21.8 Å². The zero-order chi connectivity index (χ0) is 17.0. The Kier molecular flexibility index (Phi) is 5.93. The number of hydrogen-bond donors (Lipinski definition) is 0. The third-order valence-electron chi connectivity index (χ3n) is 3.01. The first-order valence-electron chi connectivity index (χ1n) is 7.03. The fourth-order valence-electron chi connectivity index (χ4n) is 2.28. The van der Waals surface area contributed by atoms with Crippen molar-refractivity contribution in [1.82, 2.24) is 14.7 Å². The Labute approximate surface area is 132 Å². The minimum Gasteiger partial charge on any atom is -0.343 e. The third-order valence-corrected chi connectivity index (χ3v) is 3.01. The highest BCUT2D eigenvalue weighted by molar-refractivity contribution is 5.96. The molecule has 6 nitrogen and oxygen atoms in total. The summed E-state index contributed by atoms with van der Waals surface area (Å²) in [7, 11) is 1.47. The van der Waals surface area contributed by atoms with Crippen LogP contribution in [0.3, 0.4) is 0 Å². The highest BCUT2D eigenvalue weighted by Gasteiger charge is 2.44. The molecule has 0 aliphatic carbocycles. The number of urea groups is 2. The van der Waals surface area contributed by atoms with Crippen molar-refractivity contribution in [2.24, 2.45) is 0 Å². The van der Waals surface area contributed by atoms with Crippen molar-refractivity contribution >= 4 is 12.1 Å². The molecule has 1 rings (SSSR count). The highest BCUT2D eigenvalue weighted by Crippen LogP contribution is 2.22. The van der Waals surface area contributed by atoms with Crippen LogP contribution < -0.4 is 0 Å². The Bertz CT molecular complexity index is 477. The molecule has 22 heavy (non-hydrogen) atoms. The van der Waals surface area contributed by atoms with E-state index < -0.39 is 18.4 Å². The molecule has 0 unspecified atom stereocenters. The summed E-state index contributed by atoms with van der Waals surface area (Å²) in [6, 6.07) is -0.804. The van der Waals surface area contributed by atoms with Gasteiger partial charge in [0, 0.05) is 20.2 Å². The number of methoxy groups -OCH3 is 1. The van der Waals surface area contributed by atoms with Gasteiger partial charge in [-0.3, -0.25) is 9.80 Å². The zero-order valence-electron chi connectivity index (χ0n) is 13.9. The molecule has 4 amide bonds. The van der Waals surface area contributed by atoms with Crippen molar-refractivity contribution in [2.75, 3.05) is 26.7 Å². The van der Waals surface area contributed by atoms with Crippen LogP contribution in [0.4, 0.5) is 9.59 Å². The van der Waals surface area contributed by atoms with Crippen molar-refractivity contribution in [1.29, 1.82) is 0 Å². The fraction of sp³-hybridized carbons (Fsp3) is 0.500. The standard InChI is InChI=1S/C16H25N3O3/c1-11(2)8-17-14(20)18(9-12(3)4)16(22-7)19(15(17)21)10-13(5)6/h16H,1,3,5,8-10H2,2,4,6-7H3. The maximum absolute atomic E-state index is 12.6. The van der Waals surface area contributed by atoms with Crippen LogP contribution in [-0.2, 0) is 4.74 Å². The van der Waals surface area contributed by atoms with E-state index in [0.717, 1.165) is 16.7 Å². The van der Waals surface area contributed by atoms with Gasteiger partial charge in [0.1, 0.15) is 0 Å². The molecule has 1 aliphatic heterocycles. The molecule has 122 valence electrons. The first-order chi connectivity index (χ1) is 10.2. The minimum absolute atomic E-state index is 0.174. The van der Waals surface area contributed by atoms with Crippen molar-refractivity contribution in [2.45, 2.75) is 27.1 Å². The topological polar surface area (TPSA) is 53.1 Å². The molecule has 1 saturated heterocycles. The van der Waals surface area contributed by atoms with Gasteiger partial charge in [0.25, 0.3) is 0 Å². The van der Waals surface area contributed by atoms with Crippen LogP contribution in [0.15, 0.2) is 36.5 Å². The number of nitrogens with zero attached hydrogens (tertiary/aromatic N) is 3. The van der Waals surface area contributed by atoms with Crippen molar-refractivity contribution in [3.05, 3.63) is 36.5 Å². The molecule has 1 fully saturated rings. The molecule has 0 aromatic heterocycles. The molecule has 0 atom stereocenters. The van der Waals surface area contributed by atoms with Gasteiger partial charge in [0.2, 0.25) is 6.35 Å². The van der Waals surface area contributed by atoms with Crippen molar-refractivity contribution < 1.29 is 14.3 Å². The van der Waals surface area contributed by atoms with E-state index in [-0.39, 0.29) is 6.54 Å². The van der Waals surface area contributed by atoms with Gasteiger partial charge in [-0.1, -0.05) is 36.5 Å². The molecule has 0 aromatic rings. The lowest BCUT2D eigenvalue weighted by atomic mass is 10.2. The molecular weight excluding hydrogens is 282 g/mol. The zero-order valence-corrected chi connectivity index (χ0v) is 13.9. The Balaban J connectivity index is 3.21. The number of carbonyl (C=O) groups is 2. The van der Waals surface area contributed by atoms with Crippen LogP contribution in [0.5, 0.6) is 0 Å². The van der Waals surface area contributed by atoms with Gasteiger partial charge in [-0.25, -0.2) is 14.5 Å². The number of amides is 4. The van der Waals surface area contributed by atoms with Crippen LogP contribution in [-0.4, -0.2) is 59.9 Å². The molecule has 1 aliphatic rings. The predicted molar refractivity (Wildman–Crippen MR) is 86.1 cm³/mol. The van der Waals surface area contributed by atoms with Gasteiger partial charge in [0.05, 0.1) is 6.54 Å². The fourth-order valence-corrected chi connectivity index (χ4v) is 2.28. The summed E-state index contributed by atoms with van der Waals surface area (Å²) in [4.78, 5) is 29.4. The Morgan fingerprint density at radius 3 is 1.55 bits per heavy atom. The van der Waals surface area contributed by atoms with E-state index in [1.54, 1.807) is 6.92 Å². The van der Waals surface area contributed by atoms with Crippen LogP contribution >= 0.6 is 0 Å². The number of rotatable bonds is 7. The molecule has 0 saturated carbocycles. The summed E-state index contributed by atoms with van der Waals surface area (Å²) in [6.45, 7) is 17.7. The maximum Gasteiger partial charge on any atom is 0.332 e. The first-order valence-corrected chi connectivity index (χ1v) is 7.03. The third kappa shape index (κ3) is 3.98. The Morgan fingerprint density at radius 1 is 0.909 bits per heavy atom. The molecule has 0 N–H and O–H groups in total. The molecule has 0 radical (unpaired) electrons. The number of carbonyl (C=O) groups excluding carboxylic acids is 2. The van der Waals surface area contributed by atoms with Gasteiger partial charge in [-0.15, -0.1) is 0 Å². The van der Waals surface area contributed by atoms with Gasteiger partial charge in [0.15, 0.2) is 0 Å². The molecule has 0 spiro atoms. The summed E-state index contributed by atoms with van der Waals surface area (Å²) in [6.07, 6.45) is -0.769. The first kappa shape index (κ1) is 18.0. The largest absolute Gasteiger partial charge is 0.343 e. The lowest BCUT2D eigenvalue weighted by molar-refractivity contribution is -0.110. The second-order valence-corrected chi connectivity index (χ2v) is 5.84. The average molecular weight is 307 g/mol. The van der Waals surface area contributed by atoms with E-state index in [9.17, 15) is 9.59 Å². The summed E-state index contributed by atoms with van der Waals surface area (Å²) in [5.41, 5.74) is 2.33. The number of hydrogen-bond acceptors (Lipinski definition) is 3. The summed E-state index contributed by atoms with van der Waals surface area (Å²) < 4.78 is 5.39. The van der Waals surface area contributed by atoms with Crippen LogP contribution in [0.25, 0.3) is 0 Å². The second-order valence-electron chi connectivity index (χ2n) is 5.84. The Morgan fingerprint density at radius 2 is 1.27 bits per heavy atom. The van der Waals surface area contributed by atoms with Crippen molar-refractivity contribution in [3.63, 3.8) is 0 Å². The summed E-state index contributed by atoms with van der Waals surface area (Å²) in [5.74, 6) is 0. The molecule has 6 heteroatoms. The molecule has 0 aromatic carbocycles. The van der Waals surface area contributed by atoms with Gasteiger partial charge >= 0.3 is 12.1 Å². The number of ether oxygens (including phenoxy) is 1. The quantitative estimate of drug-likeness (QED) is 0.680. The van der Waals surface area contributed by atoms with Crippen molar-refractivity contribution in [3.8, 4) is 0 Å². The molecule has 1 heterocycles. The molecular formula is C16H25N3O3. The van der Waals surface area contributed by atoms with E-state index in [1.807, 2.05) is 13.8 Å². The van der Waals surface area contributed by atoms with Crippen LogP contribution in [0, 0.1) is 0 Å². The maximum atomic E-state index is 12.6. The van der Waals surface area contributed by atoms with Gasteiger partial charge in [-0.2, -0.15) is 0 Å². The van der Waals surface area contributed by atoms with Crippen LogP contribution in [0.1, 0.15) is 20.8 Å². The van der Waals surface area contributed by atoms with Gasteiger partial charge < -0.3 is 4.74 Å². The monoisotopic (exact) mass is 307 g/mol. The highest BCUT2D eigenvalue weighted by atomic mass is 16.5. The van der Waals surface area contributed by atoms with Gasteiger partial charge in [-0.05, 0) is 20.8 Å². The van der Waals surface area contributed by atoms with E-state index in [2.05, 4.69) is 19.7 Å². The number of imide groups is 1. The van der Waals surface area contributed by atoms with E-state index in [0.29, 0.717) is 13.1 Å². The SMILES string of the molecule is C=C(C)CN1C(=O)N(CC(=C)C)C(OC)N(CC(=C)C)C1=O. The van der Waals surface area contributed by atoms with E-state index in [4.69, 9.17) is 4.74 Å². The lowest BCUT2D eigenvalue weighted by Gasteiger charge is -2.46. The lowest BCUT2D eigenvalue weighted by Crippen LogP contribution is -2.67. The Hall–Kier alpha value is -2.08. The summed E-state index contributed by atoms with van der Waals surface area (Å²) in [5, 5.41) is 0. The molecule has 0 bridgehead atoms. The average Bonchev–Trinajstić information content (AvgIpc) is 2.39. The van der Waals surface area contributed by atoms with Crippen LogP contribution in [0.2, 0.25) is 0 Å². The van der Waals surface area contributed by atoms with E-state index >= 15 is 0 Å². The second kappa shape index (κ2) is 7.26. The normalized spacial score (nSPS) is 16.3. The summed E-state index contributed by atoms with van der Waals surface area (Å²) >= 11 is 0. The predicted octanol–water partition coefficient (Wildman–Crippen LogP) is 2.80. The smallest absolute Gasteiger partial charge is 0.332 e. The minimum atomic E-state index is -0.769.